The fourth-order valence-corrected chi connectivity index (χ4v) is 9.28. The molecule has 0 aliphatic heterocycles. The summed E-state index contributed by atoms with van der Waals surface area (Å²) in [4.78, 5) is 38.3. The summed E-state index contributed by atoms with van der Waals surface area (Å²) < 4.78 is 16.9. The maximum atomic E-state index is 12.9. The molecule has 0 radical (unpaired) electrons. The van der Waals surface area contributed by atoms with E-state index >= 15 is 0 Å². The van der Waals surface area contributed by atoms with Crippen molar-refractivity contribution >= 4 is 17.9 Å². The average molecular weight is 984 g/mol. The molecule has 0 saturated carbocycles. The van der Waals surface area contributed by atoms with E-state index in [1.807, 2.05) is 0 Å². The zero-order valence-electron chi connectivity index (χ0n) is 47.1. The summed E-state index contributed by atoms with van der Waals surface area (Å²) in [6, 6.07) is 0. The lowest BCUT2D eigenvalue weighted by Gasteiger charge is -2.18. The molecular formula is C64H118O6. The molecule has 0 saturated heterocycles. The van der Waals surface area contributed by atoms with Gasteiger partial charge in [-0.1, -0.05) is 301 Å². The van der Waals surface area contributed by atoms with Crippen LogP contribution < -0.4 is 0 Å². The van der Waals surface area contributed by atoms with Crippen LogP contribution in [0.4, 0.5) is 0 Å². The van der Waals surface area contributed by atoms with Crippen molar-refractivity contribution < 1.29 is 28.6 Å². The van der Waals surface area contributed by atoms with Crippen LogP contribution in [0, 0.1) is 0 Å². The fraction of sp³-hybridized carbons (Fsp3) is 0.859. The maximum absolute atomic E-state index is 12.9. The highest BCUT2D eigenvalue weighted by molar-refractivity contribution is 5.71. The van der Waals surface area contributed by atoms with Crippen LogP contribution in [0.3, 0.4) is 0 Å². The van der Waals surface area contributed by atoms with Crippen LogP contribution in [0.25, 0.3) is 0 Å². The molecule has 410 valence electrons. The lowest BCUT2D eigenvalue weighted by atomic mass is 10.0. The second-order valence-electron chi connectivity index (χ2n) is 21.0. The predicted molar refractivity (Wildman–Crippen MR) is 302 cm³/mol. The Bertz CT molecular complexity index is 1170. The highest BCUT2D eigenvalue weighted by Crippen LogP contribution is 2.18. The van der Waals surface area contributed by atoms with E-state index in [4.69, 9.17) is 14.2 Å². The molecule has 0 aromatic rings. The Labute approximate surface area is 435 Å². The van der Waals surface area contributed by atoms with Gasteiger partial charge < -0.3 is 14.2 Å². The number of rotatable bonds is 57. The van der Waals surface area contributed by atoms with Crippen LogP contribution in [0.5, 0.6) is 0 Å². The predicted octanol–water partition coefficient (Wildman–Crippen LogP) is 20.8. The standard InChI is InChI=1S/C64H118O6/c1-4-7-10-13-16-19-22-25-28-31-32-34-36-39-42-45-48-51-54-57-63(66)69-60-61(59-68-62(65)56-53-50-47-44-41-38-35-30-27-24-21-18-15-12-9-6-3)70-64(67)58-55-52-49-46-43-40-37-33-29-26-23-20-17-14-11-8-5-2/h7,10,16,19,25,28,61H,4-6,8-9,11-15,17-18,20-24,26-27,29-60H2,1-3H3/b10-7-,19-16-,28-25-. The summed E-state index contributed by atoms with van der Waals surface area (Å²) in [7, 11) is 0. The third kappa shape index (κ3) is 56.5. The molecule has 0 aromatic heterocycles. The molecule has 0 fully saturated rings. The number of ether oxygens (including phenoxy) is 3. The first-order valence-corrected chi connectivity index (χ1v) is 31.0. The minimum Gasteiger partial charge on any atom is -0.462 e. The molecule has 1 unspecified atom stereocenters. The first-order chi connectivity index (χ1) is 34.5. The van der Waals surface area contributed by atoms with E-state index in [1.165, 1.54) is 218 Å². The van der Waals surface area contributed by atoms with Gasteiger partial charge in [0.05, 0.1) is 0 Å². The van der Waals surface area contributed by atoms with Gasteiger partial charge in [-0.15, -0.1) is 0 Å². The first kappa shape index (κ1) is 67.6. The SMILES string of the molecule is CC/C=C\C/C=C\C/C=C\CCCCCCCCCCCC(=O)OCC(COC(=O)CCCCCCCCCCCCCCCCCC)OC(=O)CCCCCCCCCCCCCCCCCCC. The molecule has 1 atom stereocenters. The lowest BCUT2D eigenvalue weighted by molar-refractivity contribution is -0.167. The van der Waals surface area contributed by atoms with E-state index in [0.717, 1.165) is 77.0 Å². The molecule has 0 spiro atoms. The summed E-state index contributed by atoms with van der Waals surface area (Å²) in [5.74, 6) is -0.849. The van der Waals surface area contributed by atoms with Crippen molar-refractivity contribution in [3.8, 4) is 0 Å². The second-order valence-corrected chi connectivity index (χ2v) is 21.0. The Kier molecular flexibility index (Phi) is 57.2. The van der Waals surface area contributed by atoms with E-state index < -0.39 is 6.10 Å². The average Bonchev–Trinajstić information content (AvgIpc) is 3.36. The van der Waals surface area contributed by atoms with E-state index in [9.17, 15) is 14.4 Å². The van der Waals surface area contributed by atoms with Crippen LogP contribution in [0.2, 0.25) is 0 Å². The molecule has 6 nitrogen and oxygen atoms in total. The highest BCUT2D eigenvalue weighted by Gasteiger charge is 2.19. The monoisotopic (exact) mass is 983 g/mol. The van der Waals surface area contributed by atoms with Gasteiger partial charge in [-0.2, -0.15) is 0 Å². The Balaban J connectivity index is 4.32. The number of carbonyl (C=O) groups is 3. The van der Waals surface area contributed by atoms with Gasteiger partial charge in [0.1, 0.15) is 13.2 Å². The molecule has 70 heavy (non-hydrogen) atoms. The number of carbonyl (C=O) groups excluding carboxylic acids is 3. The number of hydrogen-bond donors (Lipinski definition) is 0. The summed E-state index contributed by atoms with van der Waals surface area (Å²) in [6.07, 6.45) is 71.4. The molecule has 0 aromatic carbocycles. The van der Waals surface area contributed by atoms with Crippen molar-refractivity contribution in [1.29, 1.82) is 0 Å². The van der Waals surface area contributed by atoms with Crippen molar-refractivity contribution in [2.24, 2.45) is 0 Å². The van der Waals surface area contributed by atoms with Crippen molar-refractivity contribution in [3.63, 3.8) is 0 Å². The minimum absolute atomic E-state index is 0.0680. The molecule has 0 heterocycles. The Morgan fingerprint density at radius 1 is 0.300 bits per heavy atom. The molecule has 0 rings (SSSR count). The molecule has 0 amide bonds. The van der Waals surface area contributed by atoms with Crippen molar-refractivity contribution in [3.05, 3.63) is 36.5 Å². The van der Waals surface area contributed by atoms with E-state index in [-0.39, 0.29) is 31.1 Å². The summed E-state index contributed by atoms with van der Waals surface area (Å²) >= 11 is 0. The van der Waals surface area contributed by atoms with Crippen LogP contribution in [0.15, 0.2) is 36.5 Å². The number of allylic oxidation sites excluding steroid dienone is 6. The Hall–Kier alpha value is -2.37. The molecule has 0 aliphatic carbocycles. The van der Waals surface area contributed by atoms with Crippen molar-refractivity contribution in [1.82, 2.24) is 0 Å². The quantitative estimate of drug-likeness (QED) is 0.0261. The lowest BCUT2D eigenvalue weighted by Crippen LogP contribution is -2.30. The van der Waals surface area contributed by atoms with Gasteiger partial charge in [-0.05, 0) is 51.4 Å². The Morgan fingerprint density at radius 2 is 0.557 bits per heavy atom. The zero-order valence-corrected chi connectivity index (χ0v) is 47.1. The van der Waals surface area contributed by atoms with E-state index in [2.05, 4.69) is 57.2 Å². The normalized spacial score (nSPS) is 12.2. The second kappa shape index (κ2) is 59.2. The maximum Gasteiger partial charge on any atom is 0.306 e. The Morgan fingerprint density at radius 3 is 0.871 bits per heavy atom. The third-order valence-electron chi connectivity index (χ3n) is 13.9. The largest absolute Gasteiger partial charge is 0.462 e. The highest BCUT2D eigenvalue weighted by atomic mass is 16.6. The number of esters is 3. The molecular weight excluding hydrogens is 865 g/mol. The molecule has 0 aliphatic rings. The van der Waals surface area contributed by atoms with Gasteiger partial charge in [0.25, 0.3) is 0 Å². The van der Waals surface area contributed by atoms with Gasteiger partial charge in [0, 0.05) is 19.3 Å². The molecule has 0 bridgehead atoms. The van der Waals surface area contributed by atoms with E-state index in [0.29, 0.717) is 19.3 Å². The summed E-state index contributed by atoms with van der Waals surface area (Å²) in [6.45, 7) is 6.59. The molecule has 6 heteroatoms. The van der Waals surface area contributed by atoms with Gasteiger partial charge in [-0.3, -0.25) is 14.4 Å². The smallest absolute Gasteiger partial charge is 0.306 e. The van der Waals surface area contributed by atoms with Crippen LogP contribution in [-0.2, 0) is 28.6 Å². The van der Waals surface area contributed by atoms with Crippen molar-refractivity contribution in [2.45, 2.75) is 341 Å². The van der Waals surface area contributed by atoms with Crippen LogP contribution in [-0.4, -0.2) is 37.2 Å². The summed E-state index contributed by atoms with van der Waals surface area (Å²) in [5, 5.41) is 0. The van der Waals surface area contributed by atoms with Gasteiger partial charge in [0.15, 0.2) is 6.10 Å². The number of unbranched alkanes of at least 4 members (excludes halogenated alkanes) is 40. The summed E-state index contributed by atoms with van der Waals surface area (Å²) in [5.41, 5.74) is 0. The van der Waals surface area contributed by atoms with Gasteiger partial charge >= 0.3 is 17.9 Å². The van der Waals surface area contributed by atoms with Gasteiger partial charge in [0.2, 0.25) is 0 Å². The third-order valence-corrected chi connectivity index (χ3v) is 13.9. The van der Waals surface area contributed by atoms with Gasteiger partial charge in [-0.25, -0.2) is 0 Å². The first-order valence-electron chi connectivity index (χ1n) is 31.0. The van der Waals surface area contributed by atoms with Crippen LogP contribution >= 0.6 is 0 Å². The van der Waals surface area contributed by atoms with Crippen LogP contribution in [0.1, 0.15) is 335 Å². The zero-order chi connectivity index (χ0) is 50.7. The number of hydrogen-bond acceptors (Lipinski definition) is 6. The fourth-order valence-electron chi connectivity index (χ4n) is 9.28. The van der Waals surface area contributed by atoms with E-state index in [1.54, 1.807) is 0 Å². The van der Waals surface area contributed by atoms with Crippen molar-refractivity contribution in [2.75, 3.05) is 13.2 Å². The molecule has 0 N–H and O–H groups in total. The topological polar surface area (TPSA) is 78.9 Å². The minimum atomic E-state index is -0.770.